The van der Waals surface area contributed by atoms with E-state index in [1.165, 1.54) is 13.3 Å². The Labute approximate surface area is 199 Å². The molecule has 35 heavy (non-hydrogen) atoms. The molecule has 2 N–H and O–H groups in total. The van der Waals surface area contributed by atoms with E-state index in [2.05, 4.69) is 35.1 Å². The second kappa shape index (κ2) is 9.85. The van der Waals surface area contributed by atoms with Crippen LogP contribution < -0.4 is 20.5 Å². The number of aromatic nitrogens is 7. The molecule has 180 valence electrons. The predicted octanol–water partition coefficient (Wildman–Crippen LogP) is 0.133. The van der Waals surface area contributed by atoms with Crippen molar-refractivity contribution in [3.05, 3.63) is 53.1 Å². The second-order valence-electron chi connectivity index (χ2n) is 7.73. The fourth-order valence-corrected chi connectivity index (χ4v) is 3.73. The van der Waals surface area contributed by atoms with Gasteiger partial charge < -0.3 is 29.2 Å². The number of nitrogens with zero attached hydrogens (tertiary/aromatic N) is 7. The fraction of sp³-hybridized carbons (Fsp3) is 0.318. The minimum atomic E-state index is -0.414. The molecule has 1 fully saturated rings. The number of amides is 1. The Hall–Kier alpha value is -4.39. The fourth-order valence-electron chi connectivity index (χ4n) is 3.73. The number of nitrogens with one attached hydrogen (secondary N) is 2. The lowest BCUT2D eigenvalue weighted by atomic mass is 10.3. The van der Waals surface area contributed by atoms with Gasteiger partial charge in [-0.15, -0.1) is 0 Å². The monoisotopic (exact) mass is 477 g/mol. The van der Waals surface area contributed by atoms with E-state index in [0.717, 1.165) is 0 Å². The van der Waals surface area contributed by atoms with Crippen molar-refractivity contribution in [2.24, 2.45) is 0 Å². The molecule has 1 aliphatic heterocycles. The van der Waals surface area contributed by atoms with E-state index in [4.69, 9.17) is 14.5 Å². The molecule has 1 amide bonds. The summed E-state index contributed by atoms with van der Waals surface area (Å²) in [4.78, 5) is 51.5. The Bertz CT molecular complexity index is 1400. The van der Waals surface area contributed by atoms with Crippen LogP contribution in [0.2, 0.25) is 0 Å². The largest absolute Gasteiger partial charge is 0.490 e. The highest BCUT2D eigenvalue weighted by Crippen LogP contribution is 2.27. The number of carbonyl (C=O) groups is 1. The summed E-state index contributed by atoms with van der Waals surface area (Å²) >= 11 is 0. The van der Waals surface area contributed by atoms with Crippen LogP contribution in [0, 0.1) is 0 Å². The maximum Gasteiger partial charge on any atom is 0.293 e. The molecule has 5 rings (SSSR count). The number of carbonyl (C=O) groups excluding carboxylic acids is 1. The quantitative estimate of drug-likeness (QED) is 0.376. The van der Waals surface area contributed by atoms with Gasteiger partial charge in [-0.05, 0) is 12.1 Å². The van der Waals surface area contributed by atoms with Crippen LogP contribution in [0.3, 0.4) is 0 Å². The summed E-state index contributed by atoms with van der Waals surface area (Å²) in [7, 11) is 1.39. The molecule has 1 saturated heterocycles. The van der Waals surface area contributed by atoms with E-state index in [1.807, 2.05) is 18.2 Å². The lowest BCUT2D eigenvalue weighted by molar-refractivity contribution is -0.121. The lowest BCUT2D eigenvalue weighted by Gasteiger charge is -2.28. The number of morpholine rings is 1. The molecule has 4 aromatic heterocycles. The van der Waals surface area contributed by atoms with Gasteiger partial charge in [0.05, 0.1) is 39.4 Å². The van der Waals surface area contributed by atoms with Gasteiger partial charge in [0.15, 0.2) is 17.3 Å². The second-order valence-corrected chi connectivity index (χ2v) is 7.73. The first-order chi connectivity index (χ1) is 17.1. The highest BCUT2D eigenvalue weighted by molar-refractivity contribution is 5.87. The van der Waals surface area contributed by atoms with Gasteiger partial charge in [-0.3, -0.25) is 14.6 Å². The molecule has 0 atom stereocenters. The maximum atomic E-state index is 12.7. The lowest BCUT2D eigenvalue weighted by Crippen LogP contribution is -2.37. The molecule has 0 aliphatic carbocycles. The van der Waals surface area contributed by atoms with Gasteiger partial charge >= 0.3 is 0 Å². The summed E-state index contributed by atoms with van der Waals surface area (Å²) in [5.74, 6) is 1.27. The van der Waals surface area contributed by atoms with Crippen LogP contribution in [0.25, 0.3) is 22.7 Å². The van der Waals surface area contributed by atoms with Crippen molar-refractivity contribution in [1.29, 1.82) is 0 Å². The van der Waals surface area contributed by atoms with Crippen LogP contribution >= 0.6 is 0 Å². The number of anilines is 1. The van der Waals surface area contributed by atoms with Crippen molar-refractivity contribution < 1.29 is 14.3 Å². The van der Waals surface area contributed by atoms with Gasteiger partial charge in [0.2, 0.25) is 11.7 Å². The summed E-state index contributed by atoms with van der Waals surface area (Å²) in [6.07, 6.45) is 4.57. The number of H-pyrrole nitrogens is 1. The molecular weight excluding hydrogens is 454 g/mol. The highest BCUT2D eigenvalue weighted by atomic mass is 16.5. The van der Waals surface area contributed by atoms with Gasteiger partial charge in [0.25, 0.3) is 5.56 Å². The van der Waals surface area contributed by atoms with E-state index >= 15 is 0 Å². The number of methoxy groups -OCH3 is 1. The van der Waals surface area contributed by atoms with Crippen molar-refractivity contribution in [1.82, 2.24) is 39.8 Å². The molecule has 0 bridgehead atoms. The average molecular weight is 477 g/mol. The standard InChI is InChI=1S/C22H23N9O4/c1-34-15-10-24-16(27-22(15)33)11-25-17(32)12-31-13-26-20-18(31)21(30-6-8-35-9-7-30)29-19(28-20)14-4-2-3-5-23-14/h2-5,10,13H,6-9,11-12H2,1H3,(H,25,32)(H,24,27,33). The van der Waals surface area contributed by atoms with Crippen molar-refractivity contribution >= 4 is 22.9 Å². The molecule has 1 aliphatic rings. The van der Waals surface area contributed by atoms with Gasteiger partial charge in [0, 0.05) is 19.3 Å². The van der Waals surface area contributed by atoms with Gasteiger partial charge in [-0.2, -0.15) is 0 Å². The average Bonchev–Trinajstić information content (AvgIpc) is 3.30. The molecule has 0 aromatic carbocycles. The Kier molecular flexibility index (Phi) is 6.30. The molecule has 0 radical (unpaired) electrons. The number of fused-ring (bicyclic) bond motifs is 1. The summed E-state index contributed by atoms with van der Waals surface area (Å²) in [5, 5.41) is 2.76. The van der Waals surface area contributed by atoms with Crippen molar-refractivity contribution in [2.75, 3.05) is 38.3 Å². The molecule has 13 heteroatoms. The van der Waals surface area contributed by atoms with Gasteiger partial charge in [-0.25, -0.2) is 19.9 Å². The number of pyridine rings is 1. The van der Waals surface area contributed by atoms with Crippen molar-refractivity contribution in [3.63, 3.8) is 0 Å². The first-order valence-corrected chi connectivity index (χ1v) is 11.0. The van der Waals surface area contributed by atoms with Gasteiger partial charge in [0.1, 0.15) is 23.6 Å². The number of ether oxygens (including phenoxy) is 2. The summed E-state index contributed by atoms with van der Waals surface area (Å²) in [5.41, 5.74) is 1.34. The minimum absolute atomic E-state index is 0.0134. The van der Waals surface area contributed by atoms with E-state index < -0.39 is 5.56 Å². The van der Waals surface area contributed by atoms with Crippen LogP contribution in [0.4, 0.5) is 5.82 Å². The zero-order valence-corrected chi connectivity index (χ0v) is 19.0. The molecular formula is C22H23N9O4. The van der Waals surface area contributed by atoms with E-state index in [9.17, 15) is 9.59 Å². The Morgan fingerprint density at radius 1 is 1.20 bits per heavy atom. The Morgan fingerprint density at radius 2 is 2.06 bits per heavy atom. The van der Waals surface area contributed by atoms with Crippen LogP contribution in [0.1, 0.15) is 5.82 Å². The third-order valence-corrected chi connectivity index (χ3v) is 5.46. The topological polar surface area (TPSA) is 153 Å². The maximum absolute atomic E-state index is 12.7. The predicted molar refractivity (Wildman–Crippen MR) is 125 cm³/mol. The number of hydrogen-bond acceptors (Lipinski definition) is 10. The van der Waals surface area contributed by atoms with Crippen LogP contribution in [-0.4, -0.2) is 73.8 Å². The number of hydrogen-bond donors (Lipinski definition) is 2. The molecule has 0 spiro atoms. The third kappa shape index (κ3) is 4.80. The van der Waals surface area contributed by atoms with Crippen molar-refractivity contribution in [2.45, 2.75) is 13.1 Å². The SMILES string of the molecule is COc1cnc(CNC(=O)Cn2cnc3nc(-c4ccccn4)nc(N4CCOCC4)c32)[nH]c1=O. The Balaban J connectivity index is 1.41. The molecule has 0 saturated carbocycles. The number of rotatable bonds is 7. The van der Waals surface area contributed by atoms with Gasteiger partial charge in [-0.1, -0.05) is 6.07 Å². The molecule has 0 unspecified atom stereocenters. The van der Waals surface area contributed by atoms with Crippen LogP contribution in [0.5, 0.6) is 5.75 Å². The smallest absolute Gasteiger partial charge is 0.293 e. The first-order valence-electron chi connectivity index (χ1n) is 11.0. The molecule has 5 heterocycles. The zero-order chi connectivity index (χ0) is 24.2. The number of aromatic amines is 1. The van der Waals surface area contributed by atoms with Crippen LogP contribution in [-0.2, 0) is 22.6 Å². The third-order valence-electron chi connectivity index (χ3n) is 5.46. The van der Waals surface area contributed by atoms with E-state index in [-0.39, 0.29) is 24.7 Å². The van der Waals surface area contributed by atoms with E-state index in [1.54, 1.807) is 17.1 Å². The van der Waals surface area contributed by atoms with Crippen LogP contribution in [0.15, 0.2) is 41.7 Å². The summed E-state index contributed by atoms with van der Waals surface area (Å²) in [6.45, 7) is 2.50. The highest BCUT2D eigenvalue weighted by Gasteiger charge is 2.22. The minimum Gasteiger partial charge on any atom is -0.490 e. The van der Waals surface area contributed by atoms with E-state index in [0.29, 0.717) is 60.6 Å². The normalized spacial score (nSPS) is 13.7. The Morgan fingerprint density at radius 3 is 2.80 bits per heavy atom. The summed E-state index contributed by atoms with van der Waals surface area (Å²) < 4.78 is 12.1. The molecule has 13 nitrogen and oxygen atoms in total. The molecule has 4 aromatic rings. The first kappa shape index (κ1) is 22.4. The number of imidazole rings is 1. The summed E-state index contributed by atoms with van der Waals surface area (Å²) in [6, 6.07) is 5.54. The zero-order valence-electron chi connectivity index (χ0n) is 19.0. The van der Waals surface area contributed by atoms with Crippen molar-refractivity contribution in [3.8, 4) is 17.3 Å².